The Morgan fingerprint density at radius 1 is 1.10 bits per heavy atom. The Balaban J connectivity index is 2.01. The number of carbonyl (C=O) groups excluding carboxylic acids is 1. The normalized spacial score (nSPS) is 11.4. The first-order valence-corrected chi connectivity index (χ1v) is 11.1. The highest BCUT2D eigenvalue weighted by Gasteiger charge is 2.20. The molecule has 1 amide bonds. The number of thioether (sulfide) groups is 1. The molecule has 3 aromatic rings. The molecule has 0 bridgehead atoms. The highest BCUT2D eigenvalue weighted by Crippen LogP contribution is 2.32. The average Bonchev–Trinajstić information content (AvgIpc) is 2.70. The Bertz CT molecular complexity index is 1280. The lowest BCUT2D eigenvalue weighted by Gasteiger charge is -2.17. The van der Waals surface area contributed by atoms with E-state index in [0.29, 0.717) is 15.9 Å². The molecule has 0 saturated heterocycles. The summed E-state index contributed by atoms with van der Waals surface area (Å²) in [4.78, 5) is 43.1. The molecule has 0 aliphatic carbocycles. The van der Waals surface area contributed by atoms with Gasteiger partial charge >= 0.3 is 5.69 Å². The van der Waals surface area contributed by atoms with Crippen LogP contribution in [0.1, 0.15) is 42.0 Å². The van der Waals surface area contributed by atoms with Gasteiger partial charge < -0.3 is 5.32 Å². The Hall–Kier alpha value is -2.87. The first-order valence-electron chi connectivity index (χ1n) is 10.1. The number of aryl methyl sites for hydroxylation is 4. The van der Waals surface area contributed by atoms with Gasteiger partial charge in [0, 0.05) is 30.9 Å². The van der Waals surface area contributed by atoms with Gasteiger partial charge in [0.25, 0.3) is 5.56 Å². The van der Waals surface area contributed by atoms with Crippen LogP contribution >= 0.6 is 11.8 Å². The maximum Gasteiger partial charge on any atom is 0.332 e. The molecule has 0 saturated carbocycles. The number of rotatable bonds is 5. The minimum absolute atomic E-state index is 0.103. The fourth-order valence-electron chi connectivity index (χ4n) is 3.77. The van der Waals surface area contributed by atoms with Gasteiger partial charge in [-0.2, -0.15) is 0 Å². The molecule has 7 nitrogen and oxygen atoms in total. The second-order valence-corrected chi connectivity index (χ2v) is 9.20. The summed E-state index contributed by atoms with van der Waals surface area (Å²) in [7, 11) is 3.05. The van der Waals surface area contributed by atoms with Gasteiger partial charge in [-0.05, 0) is 43.4 Å². The maximum atomic E-state index is 12.9. The fourth-order valence-corrected chi connectivity index (χ4v) is 4.90. The first-order chi connectivity index (χ1) is 14.5. The van der Waals surface area contributed by atoms with Gasteiger partial charge in [-0.1, -0.05) is 31.5 Å². The van der Waals surface area contributed by atoms with Crippen molar-refractivity contribution in [3.05, 3.63) is 61.4 Å². The topological polar surface area (TPSA) is 86.0 Å². The van der Waals surface area contributed by atoms with Crippen LogP contribution < -0.4 is 16.6 Å². The van der Waals surface area contributed by atoms with Gasteiger partial charge in [0.15, 0.2) is 0 Å². The second-order valence-electron chi connectivity index (χ2n) is 8.21. The van der Waals surface area contributed by atoms with E-state index in [4.69, 9.17) is 0 Å². The highest BCUT2D eigenvalue weighted by molar-refractivity contribution is 8.00. The van der Waals surface area contributed by atoms with E-state index in [-0.39, 0.29) is 17.6 Å². The summed E-state index contributed by atoms with van der Waals surface area (Å²) in [5, 5.41) is 3.38. The van der Waals surface area contributed by atoms with Crippen LogP contribution in [0.2, 0.25) is 0 Å². The lowest BCUT2D eigenvalue weighted by atomic mass is 10.0. The molecule has 164 valence electrons. The van der Waals surface area contributed by atoms with E-state index >= 15 is 0 Å². The molecular weight excluding hydrogens is 412 g/mol. The van der Waals surface area contributed by atoms with Crippen LogP contribution in [0.25, 0.3) is 11.0 Å². The second kappa shape index (κ2) is 8.70. The molecule has 0 unspecified atom stereocenters. The van der Waals surface area contributed by atoms with Crippen molar-refractivity contribution in [1.82, 2.24) is 14.1 Å². The van der Waals surface area contributed by atoms with Gasteiger partial charge in [-0.15, -0.1) is 11.8 Å². The van der Waals surface area contributed by atoms with Gasteiger partial charge in [0.1, 0.15) is 5.65 Å². The van der Waals surface area contributed by atoms with Crippen molar-refractivity contribution in [2.75, 3.05) is 11.1 Å². The highest BCUT2D eigenvalue weighted by atomic mass is 32.2. The largest absolute Gasteiger partial charge is 0.332 e. The number of benzene rings is 1. The van der Waals surface area contributed by atoms with E-state index in [1.54, 1.807) is 13.2 Å². The van der Waals surface area contributed by atoms with Crippen molar-refractivity contribution in [3.8, 4) is 0 Å². The lowest BCUT2D eigenvalue weighted by Crippen LogP contribution is -2.37. The average molecular weight is 441 g/mol. The molecule has 0 aliphatic heterocycles. The monoisotopic (exact) mass is 440 g/mol. The number of carbonyl (C=O) groups is 1. The van der Waals surface area contributed by atoms with E-state index in [0.717, 1.165) is 32.5 Å². The summed E-state index contributed by atoms with van der Waals surface area (Å²) in [6, 6.07) is 4.07. The number of nitrogens with one attached hydrogen (secondary N) is 1. The Morgan fingerprint density at radius 3 is 2.29 bits per heavy atom. The summed E-state index contributed by atoms with van der Waals surface area (Å²) in [5.41, 5.74) is 4.36. The van der Waals surface area contributed by atoms with Crippen molar-refractivity contribution in [2.45, 2.75) is 45.4 Å². The predicted molar refractivity (Wildman–Crippen MR) is 126 cm³/mol. The zero-order chi connectivity index (χ0) is 23.0. The van der Waals surface area contributed by atoms with Crippen molar-refractivity contribution in [1.29, 1.82) is 0 Å². The predicted octanol–water partition coefficient (Wildman–Crippen LogP) is 3.41. The number of nitrogens with zero attached hydrogens (tertiary/aromatic N) is 3. The minimum atomic E-state index is -0.429. The molecule has 2 aromatic heterocycles. The number of aromatic nitrogens is 3. The molecule has 1 N–H and O–H groups in total. The van der Waals surface area contributed by atoms with Crippen LogP contribution in [0.5, 0.6) is 0 Å². The standard InChI is InChI=1S/C23H28N4O3S/c1-12(2)16-10-24-21-18(22(29)27(7)23(30)26(21)6)20(16)31-11-17(28)25-19-14(4)8-13(3)9-15(19)5/h8-10,12H,11H2,1-7H3,(H,25,28). The van der Waals surface area contributed by atoms with Crippen LogP contribution in [0, 0.1) is 20.8 Å². The SMILES string of the molecule is Cc1cc(C)c(NC(=O)CSc2c(C(C)C)cnc3c2c(=O)n(C)c(=O)n3C)c(C)c1. The van der Waals surface area contributed by atoms with Crippen LogP contribution in [0.4, 0.5) is 5.69 Å². The third-order valence-electron chi connectivity index (χ3n) is 5.36. The summed E-state index contributed by atoms with van der Waals surface area (Å²) in [5.74, 6) is 0.0877. The van der Waals surface area contributed by atoms with Crippen LogP contribution in [0.15, 0.2) is 32.8 Å². The van der Waals surface area contributed by atoms with Gasteiger partial charge in [0.2, 0.25) is 5.91 Å². The van der Waals surface area contributed by atoms with Gasteiger partial charge in [-0.3, -0.25) is 18.7 Å². The Morgan fingerprint density at radius 2 is 1.71 bits per heavy atom. The molecule has 31 heavy (non-hydrogen) atoms. The van der Waals surface area contributed by atoms with E-state index in [9.17, 15) is 14.4 Å². The summed E-state index contributed by atoms with van der Waals surface area (Å²) in [6.07, 6.45) is 1.69. The zero-order valence-electron chi connectivity index (χ0n) is 19.0. The third-order valence-corrected chi connectivity index (χ3v) is 6.49. The van der Waals surface area contributed by atoms with E-state index in [1.165, 1.54) is 23.4 Å². The number of anilines is 1. The fraction of sp³-hybridized carbons (Fsp3) is 0.391. The Labute approximate surface area is 185 Å². The van der Waals surface area contributed by atoms with E-state index in [1.807, 2.05) is 46.8 Å². The molecule has 8 heteroatoms. The van der Waals surface area contributed by atoms with Crippen LogP contribution in [-0.4, -0.2) is 25.8 Å². The zero-order valence-corrected chi connectivity index (χ0v) is 19.8. The van der Waals surface area contributed by atoms with Crippen LogP contribution in [-0.2, 0) is 18.9 Å². The maximum absolute atomic E-state index is 12.9. The molecular formula is C23H28N4O3S. The summed E-state index contributed by atoms with van der Waals surface area (Å²) >= 11 is 1.30. The number of fused-ring (bicyclic) bond motifs is 1. The van der Waals surface area contributed by atoms with Crippen molar-refractivity contribution < 1.29 is 4.79 Å². The van der Waals surface area contributed by atoms with Gasteiger partial charge in [0.05, 0.1) is 11.1 Å². The molecule has 1 aromatic carbocycles. The molecule has 0 atom stereocenters. The van der Waals surface area contributed by atoms with Gasteiger partial charge in [-0.25, -0.2) is 9.78 Å². The molecule has 0 aliphatic rings. The minimum Gasteiger partial charge on any atom is -0.325 e. The summed E-state index contributed by atoms with van der Waals surface area (Å²) in [6.45, 7) is 9.99. The quantitative estimate of drug-likeness (QED) is 0.615. The Kier molecular flexibility index (Phi) is 6.40. The molecule has 2 heterocycles. The third kappa shape index (κ3) is 4.30. The number of amides is 1. The number of pyridine rings is 1. The summed E-state index contributed by atoms with van der Waals surface area (Å²) < 4.78 is 2.45. The van der Waals surface area contributed by atoms with Crippen molar-refractivity contribution in [3.63, 3.8) is 0 Å². The number of hydrogen-bond acceptors (Lipinski definition) is 5. The molecule has 3 rings (SSSR count). The smallest absolute Gasteiger partial charge is 0.325 e. The molecule has 0 fully saturated rings. The first kappa shape index (κ1) is 22.8. The lowest BCUT2D eigenvalue weighted by molar-refractivity contribution is -0.113. The van der Waals surface area contributed by atoms with E-state index < -0.39 is 11.2 Å². The molecule has 0 radical (unpaired) electrons. The van der Waals surface area contributed by atoms with Crippen molar-refractivity contribution >= 4 is 34.4 Å². The number of hydrogen-bond donors (Lipinski definition) is 1. The van der Waals surface area contributed by atoms with Crippen molar-refractivity contribution in [2.24, 2.45) is 14.1 Å². The van der Waals surface area contributed by atoms with Crippen LogP contribution in [0.3, 0.4) is 0 Å². The van der Waals surface area contributed by atoms with E-state index in [2.05, 4.69) is 10.3 Å². The molecule has 0 spiro atoms.